The first-order chi connectivity index (χ1) is 20.8. The van der Waals surface area contributed by atoms with Gasteiger partial charge in [0.25, 0.3) is 5.91 Å². The molecule has 6 atom stereocenters. The number of rotatable bonds is 13. The molecule has 3 fully saturated rings. The van der Waals surface area contributed by atoms with E-state index in [-0.39, 0.29) is 31.6 Å². The average Bonchev–Trinajstić information content (AvgIpc) is 3.63. The minimum absolute atomic E-state index is 0.148. The van der Waals surface area contributed by atoms with Gasteiger partial charge in [-0.2, -0.15) is 0 Å². The molecule has 228 valence electrons. The smallest absolute Gasteiger partial charge is 0.312 e. The van der Waals surface area contributed by atoms with Crippen LogP contribution in [0.15, 0.2) is 79.9 Å². The second-order valence-electron chi connectivity index (χ2n) is 11.6. The van der Waals surface area contributed by atoms with E-state index in [1.807, 2.05) is 37.3 Å². The zero-order valence-electron chi connectivity index (χ0n) is 24.5. The number of likely N-dealkylation sites (tertiary alicyclic amines) is 1. The van der Waals surface area contributed by atoms with Gasteiger partial charge in [0.1, 0.15) is 17.6 Å². The quantitative estimate of drug-likeness (QED) is 0.201. The molecular weight excluding hydrogens is 568 g/mol. The normalized spacial score (nSPS) is 27.9. The van der Waals surface area contributed by atoms with E-state index < -0.39 is 41.1 Å². The number of aliphatic hydroxyl groups is 1. The summed E-state index contributed by atoms with van der Waals surface area (Å²) in [6.45, 7) is 9.44. The van der Waals surface area contributed by atoms with Crippen LogP contribution in [0.2, 0.25) is 5.02 Å². The third-order valence-corrected chi connectivity index (χ3v) is 9.56. The molecule has 5 rings (SSSR count). The first kappa shape index (κ1) is 31.0. The monoisotopic (exact) mass is 606 g/mol. The summed E-state index contributed by atoms with van der Waals surface area (Å²) in [5.41, 5.74) is -0.689. The number of carbonyl (C=O) groups is 3. The Balaban J connectivity index is 1.62. The summed E-state index contributed by atoms with van der Waals surface area (Å²) >= 11 is 6.15. The Kier molecular flexibility index (Phi) is 9.11. The van der Waals surface area contributed by atoms with E-state index in [1.165, 1.54) is 4.90 Å². The molecule has 2 unspecified atom stereocenters. The fraction of sp³-hybridized carbons (Fsp3) is 0.441. The lowest BCUT2D eigenvalue weighted by molar-refractivity contribution is -0.162. The van der Waals surface area contributed by atoms with E-state index in [2.05, 4.69) is 13.2 Å². The molecule has 0 aromatic heterocycles. The summed E-state index contributed by atoms with van der Waals surface area (Å²) in [5.74, 6) is -3.03. The zero-order valence-corrected chi connectivity index (χ0v) is 25.2. The van der Waals surface area contributed by atoms with Gasteiger partial charge in [-0.15, -0.1) is 13.2 Å². The maximum atomic E-state index is 14.8. The van der Waals surface area contributed by atoms with Crippen LogP contribution in [-0.2, 0) is 30.3 Å². The fourth-order valence-electron chi connectivity index (χ4n) is 7.38. The Labute approximate surface area is 257 Å². The Hall–Kier alpha value is -3.46. The van der Waals surface area contributed by atoms with Crippen molar-refractivity contribution in [2.45, 2.75) is 62.3 Å². The molecule has 43 heavy (non-hydrogen) atoms. The highest BCUT2D eigenvalue weighted by Crippen LogP contribution is 2.65. The standard InChI is InChI=1S/C34H39ClN2O6/c1-4-7-20-42-32(41)28-27-30(39)37(26(22-38)21-23-11-9-8-10-12-23)29(34(27)18-17-33(28,6-3)43-34)31(40)36(19-5-2)25-15-13-24(35)14-16-25/h4-5,8-16,26-29,38H,1-2,6-7,17-22H2,3H3/t26-,27+,28-,29?,33+,34?/m1/s1. The number of halogens is 1. The molecule has 3 aliphatic heterocycles. The molecule has 3 heterocycles. The molecule has 1 spiro atoms. The van der Waals surface area contributed by atoms with Crippen LogP contribution in [0.5, 0.6) is 0 Å². The highest BCUT2D eigenvalue weighted by atomic mass is 35.5. The number of benzene rings is 2. The van der Waals surface area contributed by atoms with Crippen LogP contribution < -0.4 is 4.90 Å². The lowest BCUT2D eigenvalue weighted by Gasteiger charge is -2.39. The molecule has 2 aromatic rings. The summed E-state index contributed by atoms with van der Waals surface area (Å²) in [4.78, 5) is 46.2. The number of amides is 2. The van der Waals surface area contributed by atoms with Crippen molar-refractivity contribution >= 4 is 35.1 Å². The van der Waals surface area contributed by atoms with Crippen molar-refractivity contribution in [1.82, 2.24) is 4.90 Å². The van der Waals surface area contributed by atoms with Crippen LogP contribution in [0, 0.1) is 11.8 Å². The molecule has 0 aliphatic carbocycles. The van der Waals surface area contributed by atoms with Gasteiger partial charge in [0.15, 0.2) is 0 Å². The molecule has 3 aliphatic rings. The molecular formula is C34H39ClN2O6. The van der Waals surface area contributed by atoms with E-state index in [0.717, 1.165) is 5.56 Å². The number of esters is 1. The molecule has 9 heteroatoms. The summed E-state index contributed by atoms with van der Waals surface area (Å²) in [6.07, 6.45) is 5.52. The van der Waals surface area contributed by atoms with Crippen molar-refractivity contribution in [2.24, 2.45) is 11.8 Å². The molecule has 2 amide bonds. The predicted octanol–water partition coefficient (Wildman–Crippen LogP) is 4.74. The third-order valence-electron chi connectivity index (χ3n) is 9.31. The molecule has 2 aromatic carbocycles. The van der Waals surface area contributed by atoms with Crippen molar-refractivity contribution in [3.8, 4) is 0 Å². The number of hydrogen-bond donors (Lipinski definition) is 1. The SMILES string of the molecule is C=CCCOC(=O)[C@H]1[C@H]2C(=O)N([C@@H](CO)Cc3ccccc3)C(C(=O)N(CC=C)c3ccc(Cl)cc3)C23CC[C@]1(CC)O3. The van der Waals surface area contributed by atoms with Crippen LogP contribution in [0.3, 0.4) is 0 Å². The van der Waals surface area contributed by atoms with Gasteiger partial charge in [-0.25, -0.2) is 0 Å². The first-order valence-electron chi connectivity index (χ1n) is 14.9. The van der Waals surface area contributed by atoms with Crippen molar-refractivity contribution in [2.75, 3.05) is 24.7 Å². The number of fused-ring (bicyclic) bond motifs is 1. The number of hydrogen-bond acceptors (Lipinski definition) is 6. The Morgan fingerprint density at radius 2 is 1.88 bits per heavy atom. The van der Waals surface area contributed by atoms with Gasteiger partial charge in [0.05, 0.1) is 30.8 Å². The molecule has 0 saturated carbocycles. The highest BCUT2D eigenvalue weighted by Gasteiger charge is 2.79. The Bertz CT molecular complexity index is 1370. The summed E-state index contributed by atoms with van der Waals surface area (Å²) in [6, 6.07) is 14.6. The van der Waals surface area contributed by atoms with Crippen LogP contribution >= 0.6 is 11.6 Å². The Morgan fingerprint density at radius 3 is 2.51 bits per heavy atom. The molecule has 3 saturated heterocycles. The number of ether oxygens (including phenoxy) is 2. The summed E-state index contributed by atoms with van der Waals surface area (Å²) in [7, 11) is 0. The molecule has 0 radical (unpaired) electrons. The number of aliphatic hydroxyl groups excluding tert-OH is 1. The average molecular weight is 607 g/mol. The van der Waals surface area contributed by atoms with E-state index in [4.69, 9.17) is 21.1 Å². The zero-order chi connectivity index (χ0) is 30.8. The van der Waals surface area contributed by atoms with Crippen LogP contribution in [0.4, 0.5) is 5.69 Å². The van der Waals surface area contributed by atoms with E-state index in [1.54, 1.807) is 41.3 Å². The molecule has 1 N–H and O–H groups in total. The lowest BCUT2D eigenvalue weighted by atomic mass is 9.65. The number of nitrogens with zero attached hydrogens (tertiary/aromatic N) is 2. The number of anilines is 1. The van der Waals surface area contributed by atoms with E-state index >= 15 is 0 Å². The van der Waals surface area contributed by atoms with Gasteiger partial charge in [0.2, 0.25) is 5.91 Å². The van der Waals surface area contributed by atoms with Gasteiger partial charge < -0.3 is 24.4 Å². The van der Waals surface area contributed by atoms with Crippen molar-refractivity contribution in [3.05, 3.63) is 90.5 Å². The highest BCUT2D eigenvalue weighted by molar-refractivity contribution is 6.30. The van der Waals surface area contributed by atoms with Gasteiger partial charge >= 0.3 is 5.97 Å². The minimum Gasteiger partial charge on any atom is -0.465 e. The van der Waals surface area contributed by atoms with E-state index in [0.29, 0.717) is 42.8 Å². The lowest BCUT2D eigenvalue weighted by Crippen LogP contribution is -2.59. The largest absolute Gasteiger partial charge is 0.465 e. The van der Waals surface area contributed by atoms with E-state index in [9.17, 15) is 19.5 Å². The molecule has 8 nitrogen and oxygen atoms in total. The predicted molar refractivity (Wildman–Crippen MR) is 164 cm³/mol. The third kappa shape index (κ3) is 5.30. The van der Waals surface area contributed by atoms with Gasteiger partial charge in [-0.3, -0.25) is 14.4 Å². The maximum Gasteiger partial charge on any atom is 0.312 e. The van der Waals surface area contributed by atoms with Crippen molar-refractivity contribution in [3.63, 3.8) is 0 Å². The second-order valence-corrected chi connectivity index (χ2v) is 12.0. The molecule has 2 bridgehead atoms. The topological polar surface area (TPSA) is 96.4 Å². The Morgan fingerprint density at radius 1 is 1.16 bits per heavy atom. The van der Waals surface area contributed by atoms with Crippen molar-refractivity contribution < 1.29 is 29.0 Å². The van der Waals surface area contributed by atoms with Gasteiger partial charge in [-0.05, 0) is 61.9 Å². The minimum atomic E-state index is -1.26. The van der Waals surface area contributed by atoms with Crippen molar-refractivity contribution in [1.29, 1.82) is 0 Å². The van der Waals surface area contributed by atoms with Crippen LogP contribution in [-0.4, -0.2) is 70.8 Å². The summed E-state index contributed by atoms with van der Waals surface area (Å²) < 4.78 is 12.5. The first-order valence-corrected chi connectivity index (χ1v) is 15.3. The number of carbonyl (C=O) groups excluding carboxylic acids is 3. The second kappa shape index (κ2) is 12.6. The van der Waals surface area contributed by atoms with Gasteiger partial charge in [0, 0.05) is 17.3 Å². The fourth-order valence-corrected chi connectivity index (χ4v) is 7.50. The van der Waals surface area contributed by atoms with Gasteiger partial charge in [-0.1, -0.05) is 61.0 Å². The maximum absolute atomic E-state index is 14.8. The van der Waals surface area contributed by atoms with Crippen LogP contribution in [0.1, 0.15) is 38.2 Å². The summed E-state index contributed by atoms with van der Waals surface area (Å²) in [5, 5.41) is 11.2. The van der Waals surface area contributed by atoms with Crippen LogP contribution in [0.25, 0.3) is 0 Å².